The number of sulfone groups is 1. The molecule has 1 aromatic carbocycles. The van der Waals surface area contributed by atoms with Gasteiger partial charge in [-0.15, -0.1) is 0 Å². The monoisotopic (exact) mass is 317 g/mol. The molecule has 0 atom stereocenters. The average molecular weight is 317 g/mol. The van der Waals surface area contributed by atoms with Crippen LogP contribution in [0.3, 0.4) is 0 Å². The summed E-state index contributed by atoms with van der Waals surface area (Å²) in [5.74, 6) is 0.585. The Kier molecular flexibility index (Phi) is 3.32. The molecule has 0 spiro atoms. The third kappa shape index (κ3) is 2.52. The van der Waals surface area contributed by atoms with E-state index in [1.54, 1.807) is 41.3 Å². The highest BCUT2D eigenvalue weighted by Crippen LogP contribution is 2.19. The third-order valence-corrected chi connectivity index (χ3v) is 4.33. The molecule has 3 rings (SSSR count). The molecular weight excluding hydrogens is 302 g/mol. The fourth-order valence-corrected chi connectivity index (χ4v) is 2.68. The molecule has 0 aliphatic heterocycles. The Balaban J connectivity index is 2.12. The van der Waals surface area contributed by atoms with E-state index < -0.39 is 9.84 Å². The van der Waals surface area contributed by atoms with Gasteiger partial charge in [-0.05, 0) is 24.3 Å². The van der Waals surface area contributed by atoms with Crippen LogP contribution in [0.25, 0.3) is 16.7 Å². The van der Waals surface area contributed by atoms with Gasteiger partial charge in [-0.25, -0.2) is 18.1 Å². The van der Waals surface area contributed by atoms with E-state index in [-0.39, 0.29) is 4.90 Å². The lowest BCUT2D eigenvalue weighted by molar-refractivity contribution is 0.602. The summed E-state index contributed by atoms with van der Waals surface area (Å²) >= 11 is 0. The van der Waals surface area contributed by atoms with Crippen molar-refractivity contribution < 1.29 is 8.42 Å². The molecule has 3 aromatic rings. The van der Waals surface area contributed by atoms with Crippen molar-refractivity contribution in [3.05, 3.63) is 36.7 Å². The summed E-state index contributed by atoms with van der Waals surface area (Å²) in [4.78, 5) is 10.8. The quantitative estimate of drug-likeness (QED) is 0.724. The molecule has 0 saturated carbocycles. The van der Waals surface area contributed by atoms with Gasteiger partial charge >= 0.3 is 0 Å². The van der Waals surface area contributed by atoms with Crippen molar-refractivity contribution in [1.82, 2.24) is 19.7 Å². The molecule has 8 heteroatoms. The fraction of sp³-hybridized carbons (Fsp3) is 0.214. The molecule has 2 aromatic heterocycles. The predicted octanol–water partition coefficient (Wildman–Crippen LogP) is 1.28. The lowest BCUT2D eigenvalue weighted by Gasteiger charge is -2.10. The SMILES string of the molecule is CN(C)c1ncc2cnn(-c3ccc(S(C)(=O)=O)cc3)c2n1. The molecule has 0 aliphatic carbocycles. The summed E-state index contributed by atoms with van der Waals surface area (Å²) in [7, 11) is 0.517. The van der Waals surface area contributed by atoms with Crippen molar-refractivity contribution in [2.75, 3.05) is 25.3 Å². The van der Waals surface area contributed by atoms with Crippen molar-refractivity contribution in [1.29, 1.82) is 0 Å². The average Bonchev–Trinajstić information content (AvgIpc) is 2.89. The van der Waals surface area contributed by atoms with E-state index in [0.29, 0.717) is 11.6 Å². The first-order valence-corrected chi connectivity index (χ1v) is 8.44. The number of benzene rings is 1. The fourth-order valence-electron chi connectivity index (χ4n) is 2.05. The van der Waals surface area contributed by atoms with Crippen LogP contribution in [-0.4, -0.2) is 48.5 Å². The van der Waals surface area contributed by atoms with Crippen LogP contribution in [0.15, 0.2) is 41.6 Å². The predicted molar refractivity (Wildman–Crippen MR) is 84.1 cm³/mol. The van der Waals surface area contributed by atoms with Gasteiger partial charge in [0.15, 0.2) is 15.5 Å². The first kappa shape index (κ1) is 14.5. The summed E-state index contributed by atoms with van der Waals surface area (Å²) in [6.07, 6.45) is 4.58. The van der Waals surface area contributed by atoms with Crippen LogP contribution < -0.4 is 4.90 Å². The van der Waals surface area contributed by atoms with Crippen molar-refractivity contribution in [3.63, 3.8) is 0 Å². The van der Waals surface area contributed by atoms with Crippen LogP contribution in [0.2, 0.25) is 0 Å². The molecular formula is C14H15N5O2S. The van der Waals surface area contributed by atoms with Crippen molar-refractivity contribution in [3.8, 4) is 5.69 Å². The maximum absolute atomic E-state index is 11.5. The number of nitrogens with zero attached hydrogens (tertiary/aromatic N) is 5. The molecule has 0 radical (unpaired) electrons. The first-order chi connectivity index (χ1) is 10.4. The second-order valence-corrected chi connectivity index (χ2v) is 7.18. The number of aromatic nitrogens is 4. The second kappa shape index (κ2) is 5.06. The van der Waals surface area contributed by atoms with Crippen LogP contribution in [0, 0.1) is 0 Å². The van der Waals surface area contributed by atoms with Gasteiger partial charge in [0.2, 0.25) is 5.95 Å². The van der Waals surface area contributed by atoms with E-state index in [4.69, 9.17) is 0 Å². The van der Waals surface area contributed by atoms with Gasteiger partial charge in [0, 0.05) is 26.5 Å². The summed E-state index contributed by atoms with van der Waals surface area (Å²) in [5, 5.41) is 5.12. The zero-order valence-corrected chi connectivity index (χ0v) is 13.2. The number of fused-ring (bicyclic) bond motifs is 1. The molecule has 0 amide bonds. The molecule has 0 N–H and O–H groups in total. The van der Waals surface area contributed by atoms with Crippen LogP contribution in [-0.2, 0) is 9.84 Å². The molecule has 0 fully saturated rings. The van der Waals surface area contributed by atoms with E-state index in [2.05, 4.69) is 15.1 Å². The van der Waals surface area contributed by atoms with E-state index in [1.807, 2.05) is 19.0 Å². The Morgan fingerprint density at radius 3 is 2.36 bits per heavy atom. The molecule has 7 nitrogen and oxygen atoms in total. The summed E-state index contributed by atoms with van der Waals surface area (Å²) in [6, 6.07) is 6.54. The molecule has 22 heavy (non-hydrogen) atoms. The highest BCUT2D eigenvalue weighted by molar-refractivity contribution is 7.90. The zero-order valence-electron chi connectivity index (χ0n) is 12.4. The van der Waals surface area contributed by atoms with Gasteiger partial charge in [0.1, 0.15) is 0 Å². The van der Waals surface area contributed by atoms with Gasteiger partial charge in [-0.2, -0.15) is 10.1 Å². The van der Waals surface area contributed by atoms with E-state index in [1.165, 1.54) is 6.26 Å². The Bertz CT molecular complexity index is 930. The van der Waals surface area contributed by atoms with E-state index in [9.17, 15) is 8.42 Å². The second-order valence-electron chi connectivity index (χ2n) is 5.17. The van der Waals surface area contributed by atoms with Gasteiger partial charge < -0.3 is 4.90 Å². The van der Waals surface area contributed by atoms with Crippen molar-refractivity contribution >= 4 is 26.8 Å². The normalized spacial score (nSPS) is 11.8. The Labute approximate surface area is 128 Å². The molecule has 0 aliphatic rings. The standard InChI is InChI=1S/C14H15N5O2S/c1-18(2)14-15-8-10-9-16-19(13(10)17-14)11-4-6-12(7-5-11)22(3,20)21/h4-9H,1-3H3. The van der Waals surface area contributed by atoms with Crippen molar-refractivity contribution in [2.45, 2.75) is 4.90 Å². The smallest absolute Gasteiger partial charge is 0.226 e. The maximum Gasteiger partial charge on any atom is 0.226 e. The van der Waals surface area contributed by atoms with Gasteiger partial charge in [-0.3, -0.25) is 0 Å². The van der Waals surface area contributed by atoms with Crippen LogP contribution in [0.5, 0.6) is 0 Å². The number of hydrogen-bond donors (Lipinski definition) is 0. The topological polar surface area (TPSA) is 81.0 Å². The van der Waals surface area contributed by atoms with Gasteiger partial charge in [-0.1, -0.05) is 0 Å². The minimum Gasteiger partial charge on any atom is -0.347 e. The minimum absolute atomic E-state index is 0.274. The Morgan fingerprint density at radius 2 is 1.77 bits per heavy atom. The zero-order chi connectivity index (χ0) is 15.9. The van der Waals surface area contributed by atoms with Crippen molar-refractivity contribution in [2.24, 2.45) is 0 Å². The first-order valence-electron chi connectivity index (χ1n) is 6.55. The number of anilines is 1. The molecule has 0 bridgehead atoms. The van der Waals surface area contributed by atoms with E-state index in [0.717, 1.165) is 11.1 Å². The minimum atomic E-state index is -3.21. The Hall–Kier alpha value is -2.48. The maximum atomic E-state index is 11.5. The summed E-state index contributed by atoms with van der Waals surface area (Å²) in [6.45, 7) is 0. The van der Waals surface area contributed by atoms with Crippen LogP contribution >= 0.6 is 0 Å². The Morgan fingerprint density at radius 1 is 1.09 bits per heavy atom. The van der Waals surface area contributed by atoms with Crippen LogP contribution in [0.4, 0.5) is 5.95 Å². The number of rotatable bonds is 3. The molecule has 114 valence electrons. The van der Waals surface area contributed by atoms with E-state index >= 15 is 0 Å². The summed E-state index contributed by atoms with van der Waals surface area (Å²) in [5.41, 5.74) is 1.41. The lowest BCUT2D eigenvalue weighted by Crippen LogP contribution is -2.13. The molecule has 2 heterocycles. The number of hydrogen-bond acceptors (Lipinski definition) is 6. The molecule has 0 unspecified atom stereocenters. The third-order valence-electron chi connectivity index (χ3n) is 3.21. The summed E-state index contributed by atoms with van der Waals surface area (Å²) < 4.78 is 24.7. The van der Waals surface area contributed by atoms with Gasteiger partial charge in [0.05, 0.1) is 22.2 Å². The largest absolute Gasteiger partial charge is 0.347 e. The van der Waals surface area contributed by atoms with Gasteiger partial charge in [0.25, 0.3) is 0 Å². The molecule has 0 saturated heterocycles. The highest BCUT2D eigenvalue weighted by atomic mass is 32.2. The highest BCUT2D eigenvalue weighted by Gasteiger charge is 2.11. The lowest BCUT2D eigenvalue weighted by atomic mass is 10.3. The van der Waals surface area contributed by atoms with Crippen LogP contribution in [0.1, 0.15) is 0 Å².